The van der Waals surface area contributed by atoms with Crippen molar-refractivity contribution in [2.45, 2.75) is 56.8 Å². The van der Waals surface area contributed by atoms with Crippen molar-refractivity contribution >= 4 is 11.8 Å². The average molecular weight is 414 g/mol. The molecule has 5 aliphatic rings. The monoisotopic (exact) mass is 414 g/mol. The normalized spacial score (nSPS) is 38.5. The van der Waals surface area contributed by atoms with E-state index >= 15 is 0 Å². The van der Waals surface area contributed by atoms with Gasteiger partial charge in [-0.3, -0.25) is 4.79 Å². The molecular formula is C23H26O7. The summed E-state index contributed by atoms with van der Waals surface area (Å²) in [7, 11) is 1.60. The molecule has 1 spiro atoms. The number of carbonyl (C=O) groups excluding carboxylic acids is 2. The Hall–Kier alpha value is -1.96. The number of carbonyl (C=O) groups is 2. The number of rotatable bonds is 2. The van der Waals surface area contributed by atoms with Crippen LogP contribution in [-0.4, -0.2) is 50.6 Å². The van der Waals surface area contributed by atoms with Gasteiger partial charge in [-0.05, 0) is 37.7 Å². The van der Waals surface area contributed by atoms with Crippen LogP contribution in [0.5, 0.6) is 0 Å². The Bertz CT molecular complexity index is 997. The smallest absolute Gasteiger partial charge is 0.342 e. The van der Waals surface area contributed by atoms with Crippen LogP contribution in [0.4, 0.5) is 0 Å². The van der Waals surface area contributed by atoms with E-state index in [0.717, 1.165) is 36.8 Å². The molecule has 0 radical (unpaired) electrons. The number of hydrogen-bond donors (Lipinski definition) is 0. The SMILES string of the molecule is COC[C@H]1OC(=O)c2coc3c2C1(C)C1=C(C3=O)[C@@H]2CCC3(OCCO3)C2(C)CC1. The third-order valence-electron chi connectivity index (χ3n) is 8.54. The van der Waals surface area contributed by atoms with Gasteiger partial charge in [0.05, 0.1) is 25.2 Å². The Morgan fingerprint density at radius 2 is 1.93 bits per heavy atom. The maximum Gasteiger partial charge on any atom is 0.342 e. The van der Waals surface area contributed by atoms with Crippen molar-refractivity contribution < 1.29 is 33.0 Å². The summed E-state index contributed by atoms with van der Waals surface area (Å²) in [4.78, 5) is 26.3. The number of cyclic esters (lactones) is 1. The van der Waals surface area contributed by atoms with Crippen LogP contribution in [0, 0.1) is 11.3 Å². The van der Waals surface area contributed by atoms with E-state index in [1.165, 1.54) is 6.26 Å². The van der Waals surface area contributed by atoms with E-state index in [1.807, 2.05) is 0 Å². The van der Waals surface area contributed by atoms with Gasteiger partial charge in [0.2, 0.25) is 5.78 Å². The van der Waals surface area contributed by atoms with Crippen LogP contribution in [0.1, 0.15) is 66.0 Å². The van der Waals surface area contributed by atoms with E-state index in [-0.39, 0.29) is 29.5 Å². The largest absolute Gasteiger partial charge is 0.460 e. The number of ketones is 1. The average Bonchev–Trinajstić information content (AvgIpc) is 3.44. The molecule has 1 aromatic heterocycles. The van der Waals surface area contributed by atoms with Crippen molar-refractivity contribution in [3.8, 4) is 0 Å². The summed E-state index contributed by atoms with van der Waals surface area (Å²) >= 11 is 0. The molecule has 1 aromatic rings. The third-order valence-corrected chi connectivity index (χ3v) is 8.54. The quantitative estimate of drug-likeness (QED) is 0.687. The second-order valence-corrected chi connectivity index (χ2v) is 9.59. The second kappa shape index (κ2) is 5.84. The molecule has 7 nitrogen and oxygen atoms in total. The molecule has 0 aromatic carbocycles. The zero-order valence-electron chi connectivity index (χ0n) is 17.5. The van der Waals surface area contributed by atoms with Gasteiger partial charge in [0, 0.05) is 30.1 Å². The van der Waals surface area contributed by atoms with E-state index in [4.69, 9.17) is 23.4 Å². The first-order valence-electron chi connectivity index (χ1n) is 10.8. The molecule has 160 valence electrons. The van der Waals surface area contributed by atoms with E-state index in [0.29, 0.717) is 24.3 Å². The Kier molecular flexibility index (Phi) is 3.65. The summed E-state index contributed by atoms with van der Waals surface area (Å²) in [6, 6.07) is 0. The summed E-state index contributed by atoms with van der Waals surface area (Å²) in [6.45, 7) is 5.72. The minimum Gasteiger partial charge on any atom is -0.460 e. The summed E-state index contributed by atoms with van der Waals surface area (Å²) < 4.78 is 29.3. The van der Waals surface area contributed by atoms with Gasteiger partial charge in [-0.2, -0.15) is 0 Å². The molecule has 30 heavy (non-hydrogen) atoms. The zero-order valence-corrected chi connectivity index (χ0v) is 17.5. The van der Waals surface area contributed by atoms with Crippen LogP contribution in [0.2, 0.25) is 0 Å². The van der Waals surface area contributed by atoms with Gasteiger partial charge in [0.25, 0.3) is 0 Å². The Morgan fingerprint density at radius 3 is 2.67 bits per heavy atom. The predicted molar refractivity (Wildman–Crippen MR) is 103 cm³/mol. The minimum atomic E-state index is -0.640. The van der Waals surface area contributed by atoms with Crippen molar-refractivity contribution in [2.75, 3.05) is 26.9 Å². The van der Waals surface area contributed by atoms with Crippen molar-refractivity contribution in [3.05, 3.63) is 34.3 Å². The van der Waals surface area contributed by atoms with Gasteiger partial charge in [0.15, 0.2) is 11.5 Å². The van der Waals surface area contributed by atoms with Crippen LogP contribution in [0.15, 0.2) is 21.8 Å². The maximum absolute atomic E-state index is 13.7. The molecular weight excluding hydrogens is 388 g/mol. The Labute approximate surface area is 174 Å². The standard InChI is InChI=1S/C23H26O7/c1-21-6-4-14-16(13(21)5-7-23(21)28-8-9-29-23)18(24)19-17-12(10-27-19)20(25)30-15(11-26-3)22(14,17)2/h10,13,15H,4-9,11H2,1-3H3/t13-,15+,21?,22?/m0/s1. The Morgan fingerprint density at radius 1 is 1.17 bits per heavy atom. The highest BCUT2D eigenvalue weighted by Crippen LogP contribution is 2.66. The minimum absolute atomic E-state index is 0.0196. The lowest BCUT2D eigenvalue weighted by atomic mass is 9.54. The summed E-state index contributed by atoms with van der Waals surface area (Å²) in [5.74, 6) is -0.865. The van der Waals surface area contributed by atoms with E-state index in [2.05, 4.69) is 13.8 Å². The van der Waals surface area contributed by atoms with Gasteiger partial charge in [-0.25, -0.2) is 4.79 Å². The molecule has 1 saturated carbocycles. The van der Waals surface area contributed by atoms with Crippen LogP contribution in [-0.2, 0) is 24.4 Å². The lowest BCUT2D eigenvalue weighted by Crippen LogP contribution is -2.55. The molecule has 1 saturated heterocycles. The van der Waals surface area contributed by atoms with Gasteiger partial charge in [-0.15, -0.1) is 0 Å². The first-order valence-corrected chi connectivity index (χ1v) is 10.8. The topological polar surface area (TPSA) is 84.2 Å². The third kappa shape index (κ3) is 1.93. The molecule has 2 unspecified atom stereocenters. The van der Waals surface area contributed by atoms with Crippen molar-refractivity contribution in [1.82, 2.24) is 0 Å². The molecule has 7 heteroatoms. The fourth-order valence-electron chi connectivity index (χ4n) is 7.01. The van der Waals surface area contributed by atoms with E-state index in [1.54, 1.807) is 7.11 Å². The highest BCUT2D eigenvalue weighted by Gasteiger charge is 2.67. The van der Waals surface area contributed by atoms with Gasteiger partial charge in [0.1, 0.15) is 17.9 Å². The molecule has 2 aliphatic heterocycles. The fraction of sp³-hybridized carbons (Fsp3) is 0.652. The number of esters is 1. The molecule has 0 amide bonds. The van der Waals surface area contributed by atoms with E-state index in [9.17, 15) is 9.59 Å². The number of Topliss-reactive ketones (excluding diaryl/α,β-unsaturated/α-hetero) is 1. The van der Waals surface area contributed by atoms with Crippen molar-refractivity contribution in [1.29, 1.82) is 0 Å². The molecule has 2 fully saturated rings. The summed E-state index contributed by atoms with van der Waals surface area (Å²) in [5.41, 5.74) is 2.00. The van der Waals surface area contributed by atoms with Crippen LogP contribution in [0.25, 0.3) is 0 Å². The lowest BCUT2D eigenvalue weighted by molar-refractivity contribution is -0.225. The Balaban J connectivity index is 1.56. The maximum atomic E-state index is 13.7. The van der Waals surface area contributed by atoms with Gasteiger partial charge in [-0.1, -0.05) is 6.92 Å². The number of ether oxygens (including phenoxy) is 4. The summed E-state index contributed by atoms with van der Waals surface area (Å²) in [5, 5.41) is 0. The van der Waals surface area contributed by atoms with Crippen LogP contribution >= 0.6 is 0 Å². The second-order valence-electron chi connectivity index (χ2n) is 9.59. The molecule has 3 heterocycles. The first kappa shape index (κ1) is 18.8. The number of hydrogen-bond acceptors (Lipinski definition) is 7. The highest BCUT2D eigenvalue weighted by atomic mass is 16.7. The number of furan rings is 1. The molecule has 4 atom stereocenters. The molecule has 0 N–H and O–H groups in total. The van der Waals surface area contributed by atoms with E-state index < -0.39 is 23.3 Å². The number of methoxy groups -OCH3 is 1. The number of allylic oxidation sites excluding steroid dienone is 1. The zero-order chi connectivity index (χ0) is 20.9. The lowest BCUT2D eigenvalue weighted by Gasteiger charge is -2.52. The summed E-state index contributed by atoms with van der Waals surface area (Å²) in [6.07, 6.45) is 4.06. The fourth-order valence-corrected chi connectivity index (χ4v) is 7.01. The molecule has 3 aliphatic carbocycles. The van der Waals surface area contributed by atoms with Gasteiger partial charge >= 0.3 is 5.97 Å². The molecule has 6 rings (SSSR count). The number of fused-ring (bicyclic) bond motifs is 4. The van der Waals surface area contributed by atoms with Crippen LogP contribution < -0.4 is 0 Å². The van der Waals surface area contributed by atoms with Crippen molar-refractivity contribution in [2.24, 2.45) is 11.3 Å². The predicted octanol–water partition coefficient (Wildman–Crippen LogP) is 3.17. The highest BCUT2D eigenvalue weighted by molar-refractivity contribution is 6.13. The molecule has 0 bridgehead atoms. The van der Waals surface area contributed by atoms with Gasteiger partial charge < -0.3 is 23.4 Å². The van der Waals surface area contributed by atoms with Crippen molar-refractivity contribution in [3.63, 3.8) is 0 Å². The van der Waals surface area contributed by atoms with Crippen LogP contribution in [0.3, 0.4) is 0 Å². The first-order chi connectivity index (χ1) is 14.4.